The molecule has 0 saturated heterocycles. The summed E-state index contributed by atoms with van der Waals surface area (Å²) in [5, 5.41) is 5.59. The van der Waals surface area contributed by atoms with Crippen molar-refractivity contribution in [1.82, 2.24) is 10.3 Å². The fourth-order valence-corrected chi connectivity index (χ4v) is 2.12. The average Bonchev–Trinajstić information content (AvgIpc) is 2.56. The largest absolute Gasteiger partial charge is 0.487 e. The van der Waals surface area contributed by atoms with Crippen LogP contribution in [0.2, 0.25) is 5.02 Å². The summed E-state index contributed by atoms with van der Waals surface area (Å²) in [5.41, 5.74) is 0.699. The van der Waals surface area contributed by atoms with Crippen LogP contribution in [-0.4, -0.2) is 29.4 Å². The molecule has 2 N–H and O–H groups in total. The van der Waals surface area contributed by atoms with Crippen LogP contribution in [0.3, 0.4) is 0 Å². The molecule has 0 aliphatic carbocycles. The first kappa shape index (κ1) is 17.7. The standard InChI is InChI=1S/C17H18ClN3O3/c1-11(2)24-16-12(18)6-5-8-13(16)21-15(22)10-20-17(23)14-7-3-4-9-19-14/h3-9,11H,10H2,1-2H3,(H,20,23)(H,21,22). The Kier molecular flexibility index (Phi) is 6.14. The van der Waals surface area contributed by atoms with Gasteiger partial charge in [-0.15, -0.1) is 0 Å². The molecule has 7 heteroatoms. The molecule has 1 aromatic heterocycles. The van der Waals surface area contributed by atoms with Crippen molar-refractivity contribution in [2.24, 2.45) is 0 Å². The smallest absolute Gasteiger partial charge is 0.270 e. The third-order valence-corrected chi connectivity index (χ3v) is 3.20. The van der Waals surface area contributed by atoms with Gasteiger partial charge in [-0.3, -0.25) is 14.6 Å². The van der Waals surface area contributed by atoms with Crippen LogP contribution in [0.15, 0.2) is 42.6 Å². The van der Waals surface area contributed by atoms with Crippen molar-refractivity contribution in [2.45, 2.75) is 20.0 Å². The normalized spacial score (nSPS) is 10.3. The molecule has 1 aromatic carbocycles. The lowest BCUT2D eigenvalue weighted by atomic mass is 10.2. The number of benzene rings is 1. The van der Waals surface area contributed by atoms with E-state index in [1.54, 1.807) is 36.4 Å². The molecule has 0 radical (unpaired) electrons. The number of nitrogens with zero attached hydrogens (tertiary/aromatic N) is 1. The minimum atomic E-state index is -0.421. The summed E-state index contributed by atoms with van der Waals surface area (Å²) in [7, 11) is 0. The highest BCUT2D eigenvalue weighted by molar-refractivity contribution is 6.32. The Labute approximate surface area is 145 Å². The van der Waals surface area contributed by atoms with Crippen molar-refractivity contribution in [2.75, 3.05) is 11.9 Å². The molecule has 0 bridgehead atoms. The fraction of sp³-hybridized carbons (Fsp3) is 0.235. The quantitative estimate of drug-likeness (QED) is 0.842. The molecule has 0 unspecified atom stereocenters. The Balaban J connectivity index is 1.98. The van der Waals surface area contributed by atoms with E-state index >= 15 is 0 Å². The highest BCUT2D eigenvalue weighted by Crippen LogP contribution is 2.33. The van der Waals surface area contributed by atoms with Crippen molar-refractivity contribution >= 4 is 29.1 Å². The van der Waals surface area contributed by atoms with Crippen LogP contribution in [0.4, 0.5) is 5.69 Å². The molecule has 0 atom stereocenters. The van der Waals surface area contributed by atoms with Gasteiger partial charge in [-0.25, -0.2) is 0 Å². The number of para-hydroxylation sites is 1. The van der Waals surface area contributed by atoms with Crippen molar-refractivity contribution in [1.29, 1.82) is 0 Å². The first-order valence-corrected chi connectivity index (χ1v) is 7.79. The maximum Gasteiger partial charge on any atom is 0.270 e. The molecule has 0 saturated carbocycles. The lowest BCUT2D eigenvalue weighted by molar-refractivity contribution is -0.115. The van der Waals surface area contributed by atoms with E-state index in [0.29, 0.717) is 16.5 Å². The summed E-state index contributed by atoms with van der Waals surface area (Å²) in [6.07, 6.45) is 1.42. The van der Waals surface area contributed by atoms with E-state index in [9.17, 15) is 9.59 Å². The highest BCUT2D eigenvalue weighted by atomic mass is 35.5. The Morgan fingerprint density at radius 1 is 1.21 bits per heavy atom. The van der Waals surface area contributed by atoms with Gasteiger partial charge >= 0.3 is 0 Å². The molecule has 0 spiro atoms. The van der Waals surface area contributed by atoms with E-state index in [2.05, 4.69) is 15.6 Å². The number of nitrogens with one attached hydrogen (secondary N) is 2. The summed E-state index contributed by atoms with van der Waals surface area (Å²) in [5.74, 6) is -0.413. The third kappa shape index (κ3) is 4.96. The van der Waals surface area contributed by atoms with Gasteiger partial charge in [0.15, 0.2) is 5.75 Å². The Hall–Kier alpha value is -2.60. The van der Waals surface area contributed by atoms with Crippen molar-refractivity contribution in [3.8, 4) is 5.75 Å². The second-order valence-corrected chi connectivity index (χ2v) is 5.64. The van der Waals surface area contributed by atoms with E-state index < -0.39 is 11.8 Å². The highest BCUT2D eigenvalue weighted by Gasteiger charge is 2.14. The topological polar surface area (TPSA) is 80.3 Å². The Morgan fingerprint density at radius 3 is 2.67 bits per heavy atom. The molecule has 126 valence electrons. The van der Waals surface area contributed by atoms with Gasteiger partial charge in [-0.1, -0.05) is 23.7 Å². The molecular weight excluding hydrogens is 330 g/mol. The van der Waals surface area contributed by atoms with Gasteiger partial charge in [0.25, 0.3) is 5.91 Å². The van der Waals surface area contributed by atoms with Gasteiger partial charge in [0.2, 0.25) is 5.91 Å². The van der Waals surface area contributed by atoms with E-state index in [0.717, 1.165) is 0 Å². The van der Waals surface area contributed by atoms with Gasteiger partial charge in [-0.05, 0) is 38.1 Å². The van der Waals surface area contributed by atoms with Crippen LogP contribution in [0.25, 0.3) is 0 Å². The zero-order valence-electron chi connectivity index (χ0n) is 13.4. The number of amides is 2. The summed E-state index contributed by atoms with van der Waals surface area (Å²) in [4.78, 5) is 27.8. The van der Waals surface area contributed by atoms with Crippen molar-refractivity contribution in [3.63, 3.8) is 0 Å². The van der Waals surface area contributed by atoms with Gasteiger partial charge < -0.3 is 15.4 Å². The zero-order chi connectivity index (χ0) is 17.5. The van der Waals surface area contributed by atoms with Crippen molar-refractivity contribution < 1.29 is 14.3 Å². The number of halogens is 1. The Bertz CT molecular complexity index is 720. The summed E-state index contributed by atoms with van der Waals surface area (Å²) in [6.45, 7) is 3.53. The minimum Gasteiger partial charge on any atom is -0.487 e. The number of aromatic nitrogens is 1. The van der Waals surface area contributed by atoms with Gasteiger partial charge in [0.05, 0.1) is 23.4 Å². The van der Waals surface area contributed by atoms with E-state index in [1.165, 1.54) is 6.20 Å². The number of hydrogen-bond donors (Lipinski definition) is 2. The number of carbonyl (C=O) groups is 2. The van der Waals surface area contributed by atoms with Crippen LogP contribution in [0.1, 0.15) is 24.3 Å². The van der Waals surface area contributed by atoms with E-state index in [1.807, 2.05) is 13.8 Å². The molecule has 0 aliphatic heterocycles. The van der Waals surface area contributed by atoms with Crippen molar-refractivity contribution in [3.05, 3.63) is 53.3 Å². The van der Waals surface area contributed by atoms with Crippen LogP contribution in [-0.2, 0) is 4.79 Å². The zero-order valence-corrected chi connectivity index (χ0v) is 14.1. The molecule has 0 aliphatic rings. The predicted octanol–water partition coefficient (Wildman–Crippen LogP) is 2.89. The number of anilines is 1. The van der Waals surface area contributed by atoms with Gasteiger partial charge in [-0.2, -0.15) is 0 Å². The number of carbonyl (C=O) groups excluding carboxylic acids is 2. The maximum absolute atomic E-state index is 12.1. The molecule has 2 aromatic rings. The number of ether oxygens (including phenoxy) is 1. The SMILES string of the molecule is CC(C)Oc1c(Cl)cccc1NC(=O)CNC(=O)c1ccccn1. The molecule has 0 fully saturated rings. The van der Waals surface area contributed by atoms with Gasteiger partial charge in [0, 0.05) is 6.20 Å². The van der Waals surface area contributed by atoms with E-state index in [-0.39, 0.29) is 18.3 Å². The molecular formula is C17H18ClN3O3. The minimum absolute atomic E-state index is 0.0931. The predicted molar refractivity (Wildman–Crippen MR) is 92.4 cm³/mol. The first-order valence-electron chi connectivity index (χ1n) is 7.41. The Morgan fingerprint density at radius 2 is 2.00 bits per heavy atom. The molecule has 1 heterocycles. The summed E-state index contributed by atoms with van der Waals surface area (Å²) in [6, 6.07) is 10.0. The second-order valence-electron chi connectivity index (χ2n) is 5.23. The number of rotatable bonds is 6. The lowest BCUT2D eigenvalue weighted by Crippen LogP contribution is -2.33. The van der Waals surface area contributed by atoms with Crippen LogP contribution < -0.4 is 15.4 Å². The monoisotopic (exact) mass is 347 g/mol. The number of hydrogen-bond acceptors (Lipinski definition) is 4. The van der Waals surface area contributed by atoms with Crippen LogP contribution in [0, 0.1) is 0 Å². The number of pyridine rings is 1. The molecule has 2 rings (SSSR count). The molecule has 24 heavy (non-hydrogen) atoms. The van der Waals surface area contributed by atoms with Crippen LogP contribution >= 0.6 is 11.6 Å². The van der Waals surface area contributed by atoms with E-state index in [4.69, 9.17) is 16.3 Å². The first-order chi connectivity index (χ1) is 11.5. The van der Waals surface area contributed by atoms with Gasteiger partial charge in [0.1, 0.15) is 5.69 Å². The lowest BCUT2D eigenvalue weighted by Gasteiger charge is -2.16. The average molecular weight is 348 g/mol. The second kappa shape index (κ2) is 8.31. The maximum atomic E-state index is 12.1. The molecule has 6 nitrogen and oxygen atoms in total. The van der Waals surface area contributed by atoms with Crippen LogP contribution in [0.5, 0.6) is 5.75 Å². The fourth-order valence-electron chi connectivity index (χ4n) is 1.91. The summed E-state index contributed by atoms with van der Waals surface area (Å²) < 4.78 is 5.63. The molecule has 2 amide bonds. The third-order valence-electron chi connectivity index (χ3n) is 2.90. The summed E-state index contributed by atoms with van der Waals surface area (Å²) >= 11 is 6.11.